The Bertz CT molecular complexity index is 1030. The number of fused-ring (bicyclic) bond motifs is 1. The van der Waals surface area contributed by atoms with Crippen LogP contribution >= 0.6 is 0 Å². The predicted molar refractivity (Wildman–Crippen MR) is 111 cm³/mol. The van der Waals surface area contributed by atoms with Gasteiger partial charge in [0.15, 0.2) is 0 Å². The number of hydrogen-bond donors (Lipinski definition) is 1. The molecule has 0 spiro atoms. The summed E-state index contributed by atoms with van der Waals surface area (Å²) in [5.41, 5.74) is 3.48. The van der Waals surface area contributed by atoms with Crippen LogP contribution in [0.3, 0.4) is 0 Å². The molecule has 0 aliphatic carbocycles. The summed E-state index contributed by atoms with van der Waals surface area (Å²) in [5.74, 6) is -0.869. The van der Waals surface area contributed by atoms with Gasteiger partial charge in [0.05, 0.1) is 11.5 Å². The SMILES string of the molecule is O=C([O-])COc1ccc([C@H]2Nc3ccccc3C(=O)N2CCc2ccccc2)cc1. The van der Waals surface area contributed by atoms with Gasteiger partial charge in [-0.3, -0.25) is 4.79 Å². The normalized spacial score (nSPS) is 15.3. The lowest BCUT2D eigenvalue weighted by Gasteiger charge is -2.38. The Labute approximate surface area is 174 Å². The van der Waals surface area contributed by atoms with Crippen molar-refractivity contribution in [1.82, 2.24) is 4.90 Å². The Balaban J connectivity index is 1.59. The first kappa shape index (κ1) is 19.5. The molecule has 1 heterocycles. The number of rotatable bonds is 7. The molecule has 0 aromatic heterocycles. The van der Waals surface area contributed by atoms with Gasteiger partial charge in [-0.2, -0.15) is 0 Å². The minimum atomic E-state index is -1.28. The minimum Gasteiger partial charge on any atom is -0.546 e. The molecule has 0 fully saturated rings. The predicted octanol–water partition coefficient (Wildman–Crippen LogP) is 2.62. The first-order valence-electron chi connectivity index (χ1n) is 9.75. The Morgan fingerprint density at radius 2 is 1.67 bits per heavy atom. The summed E-state index contributed by atoms with van der Waals surface area (Å²) >= 11 is 0. The zero-order valence-electron chi connectivity index (χ0n) is 16.3. The number of amides is 1. The number of anilines is 1. The molecule has 1 atom stereocenters. The highest BCUT2D eigenvalue weighted by molar-refractivity contribution is 6.01. The third kappa shape index (κ3) is 4.27. The number of hydrogen-bond acceptors (Lipinski definition) is 5. The summed E-state index contributed by atoms with van der Waals surface area (Å²) < 4.78 is 5.16. The Morgan fingerprint density at radius 3 is 2.40 bits per heavy atom. The van der Waals surface area contributed by atoms with E-state index in [4.69, 9.17) is 4.74 Å². The second kappa shape index (κ2) is 8.69. The molecule has 1 aliphatic rings. The number of ether oxygens (including phenoxy) is 1. The van der Waals surface area contributed by atoms with Crippen molar-refractivity contribution in [3.63, 3.8) is 0 Å². The van der Waals surface area contributed by atoms with E-state index in [0.717, 1.165) is 23.2 Å². The van der Waals surface area contributed by atoms with E-state index in [1.54, 1.807) is 12.1 Å². The molecule has 1 aliphatic heterocycles. The number of carbonyl (C=O) groups is 2. The molecule has 0 saturated heterocycles. The van der Waals surface area contributed by atoms with E-state index in [-0.39, 0.29) is 12.1 Å². The highest BCUT2D eigenvalue weighted by Crippen LogP contribution is 2.33. The summed E-state index contributed by atoms with van der Waals surface area (Å²) in [6.07, 6.45) is 0.394. The molecule has 152 valence electrons. The molecule has 3 aromatic rings. The number of para-hydroxylation sites is 1. The maximum absolute atomic E-state index is 13.3. The highest BCUT2D eigenvalue weighted by Gasteiger charge is 2.32. The van der Waals surface area contributed by atoms with E-state index in [1.807, 2.05) is 71.6 Å². The van der Waals surface area contributed by atoms with E-state index < -0.39 is 12.6 Å². The average molecular weight is 401 g/mol. The molecule has 6 nitrogen and oxygen atoms in total. The van der Waals surface area contributed by atoms with Crippen molar-refractivity contribution >= 4 is 17.6 Å². The lowest BCUT2D eigenvalue weighted by Crippen LogP contribution is -2.43. The van der Waals surface area contributed by atoms with Gasteiger partial charge in [0.25, 0.3) is 5.91 Å². The third-order valence-electron chi connectivity index (χ3n) is 5.06. The quantitative estimate of drug-likeness (QED) is 0.658. The van der Waals surface area contributed by atoms with Crippen LogP contribution < -0.4 is 15.2 Å². The van der Waals surface area contributed by atoms with Gasteiger partial charge >= 0.3 is 0 Å². The summed E-state index contributed by atoms with van der Waals surface area (Å²) in [6, 6.07) is 24.6. The van der Waals surface area contributed by atoms with Gasteiger partial charge < -0.3 is 24.9 Å². The van der Waals surface area contributed by atoms with Gasteiger partial charge in [0.1, 0.15) is 18.5 Å². The lowest BCUT2D eigenvalue weighted by atomic mass is 10.0. The third-order valence-corrected chi connectivity index (χ3v) is 5.06. The van der Waals surface area contributed by atoms with Crippen LogP contribution in [0.25, 0.3) is 0 Å². The van der Waals surface area contributed by atoms with E-state index in [1.165, 1.54) is 0 Å². The monoisotopic (exact) mass is 401 g/mol. The van der Waals surface area contributed by atoms with E-state index >= 15 is 0 Å². The molecular weight excluding hydrogens is 380 g/mol. The molecule has 1 N–H and O–H groups in total. The van der Waals surface area contributed by atoms with Crippen molar-refractivity contribution in [3.05, 3.63) is 95.6 Å². The maximum Gasteiger partial charge on any atom is 0.257 e. The van der Waals surface area contributed by atoms with Crippen LogP contribution in [-0.2, 0) is 11.2 Å². The molecule has 3 aromatic carbocycles. The minimum absolute atomic E-state index is 0.0254. The van der Waals surface area contributed by atoms with Crippen molar-refractivity contribution in [3.8, 4) is 5.75 Å². The standard InChI is InChI=1S/C24H22N2O4/c27-22(28)16-30-19-12-10-18(11-13-19)23-25-21-9-5-4-8-20(21)24(29)26(23)15-14-17-6-2-1-3-7-17/h1-13,23,25H,14-16H2,(H,27,28)/p-1/t23-/m0/s1. The van der Waals surface area contributed by atoms with Crippen molar-refractivity contribution in [2.24, 2.45) is 0 Å². The van der Waals surface area contributed by atoms with Crippen molar-refractivity contribution in [2.45, 2.75) is 12.6 Å². The van der Waals surface area contributed by atoms with E-state index in [9.17, 15) is 14.7 Å². The molecule has 6 heteroatoms. The van der Waals surface area contributed by atoms with Gasteiger partial charge in [0.2, 0.25) is 0 Å². The molecule has 1 amide bonds. The molecule has 0 unspecified atom stereocenters. The second-order valence-corrected chi connectivity index (χ2v) is 7.06. The fourth-order valence-corrected chi connectivity index (χ4v) is 3.57. The number of carboxylic acid groups (broad SMARTS) is 1. The van der Waals surface area contributed by atoms with E-state index in [2.05, 4.69) is 5.32 Å². The van der Waals surface area contributed by atoms with Crippen LogP contribution in [0.1, 0.15) is 27.7 Å². The van der Waals surface area contributed by atoms with Crippen LogP contribution in [0.15, 0.2) is 78.9 Å². The summed E-state index contributed by atoms with van der Waals surface area (Å²) in [6.45, 7) is 0.0495. The molecule has 4 rings (SSSR count). The van der Waals surface area contributed by atoms with Crippen LogP contribution in [0.2, 0.25) is 0 Å². The number of nitrogens with one attached hydrogen (secondary N) is 1. The fraction of sp³-hybridized carbons (Fsp3) is 0.167. The zero-order chi connectivity index (χ0) is 20.9. The summed E-state index contributed by atoms with van der Waals surface area (Å²) in [7, 11) is 0. The van der Waals surface area contributed by atoms with Crippen LogP contribution in [0, 0.1) is 0 Å². The smallest absolute Gasteiger partial charge is 0.257 e. The second-order valence-electron chi connectivity index (χ2n) is 7.06. The zero-order valence-corrected chi connectivity index (χ0v) is 16.3. The number of carbonyl (C=O) groups excluding carboxylic acids is 2. The van der Waals surface area contributed by atoms with Gasteiger partial charge in [-0.05, 0) is 41.8 Å². The number of benzene rings is 3. The van der Waals surface area contributed by atoms with Gasteiger partial charge in [-0.25, -0.2) is 0 Å². The number of nitrogens with zero attached hydrogens (tertiary/aromatic N) is 1. The Hall–Kier alpha value is -3.80. The van der Waals surface area contributed by atoms with Gasteiger partial charge in [-0.1, -0.05) is 54.6 Å². The van der Waals surface area contributed by atoms with Crippen LogP contribution in [0.4, 0.5) is 5.69 Å². The van der Waals surface area contributed by atoms with Gasteiger partial charge in [-0.15, -0.1) is 0 Å². The first-order valence-corrected chi connectivity index (χ1v) is 9.75. The molecule has 30 heavy (non-hydrogen) atoms. The van der Waals surface area contributed by atoms with Crippen LogP contribution in [-0.4, -0.2) is 29.9 Å². The molecule has 0 saturated carbocycles. The number of carboxylic acids is 1. The van der Waals surface area contributed by atoms with Crippen molar-refractivity contribution in [1.29, 1.82) is 0 Å². The number of aliphatic carboxylic acids is 1. The van der Waals surface area contributed by atoms with Crippen molar-refractivity contribution < 1.29 is 19.4 Å². The summed E-state index contributed by atoms with van der Waals surface area (Å²) in [4.78, 5) is 25.7. The fourth-order valence-electron chi connectivity index (χ4n) is 3.57. The highest BCUT2D eigenvalue weighted by atomic mass is 16.5. The largest absolute Gasteiger partial charge is 0.546 e. The average Bonchev–Trinajstić information content (AvgIpc) is 2.78. The first-order chi connectivity index (χ1) is 14.6. The maximum atomic E-state index is 13.3. The Kier molecular flexibility index (Phi) is 5.66. The summed E-state index contributed by atoms with van der Waals surface area (Å²) in [5, 5.41) is 14.0. The van der Waals surface area contributed by atoms with E-state index in [0.29, 0.717) is 17.9 Å². The topological polar surface area (TPSA) is 81.7 Å². The molecule has 0 radical (unpaired) electrons. The molecule has 0 bridgehead atoms. The Morgan fingerprint density at radius 1 is 0.967 bits per heavy atom. The van der Waals surface area contributed by atoms with Gasteiger partial charge in [0, 0.05) is 12.2 Å². The van der Waals surface area contributed by atoms with Crippen molar-refractivity contribution in [2.75, 3.05) is 18.5 Å². The molecular formula is C24H21N2O4-. The lowest BCUT2D eigenvalue weighted by molar-refractivity contribution is -0.307. The van der Waals surface area contributed by atoms with Crippen LogP contribution in [0.5, 0.6) is 5.75 Å².